The van der Waals surface area contributed by atoms with Gasteiger partial charge in [0, 0.05) is 6.04 Å². The lowest BCUT2D eigenvalue weighted by molar-refractivity contribution is -0.121. The van der Waals surface area contributed by atoms with Crippen LogP contribution in [0.5, 0.6) is 0 Å². The Kier molecular flexibility index (Phi) is 3.97. The van der Waals surface area contributed by atoms with E-state index in [-0.39, 0.29) is 30.3 Å². The second-order valence-electron chi connectivity index (χ2n) is 7.62. The van der Waals surface area contributed by atoms with Crippen LogP contribution in [-0.4, -0.2) is 41.1 Å². The number of rotatable bonds is 2. The number of amides is 4. The van der Waals surface area contributed by atoms with Crippen molar-refractivity contribution in [1.29, 1.82) is 0 Å². The summed E-state index contributed by atoms with van der Waals surface area (Å²) in [6.45, 7) is -0.349. The lowest BCUT2D eigenvalue weighted by atomic mass is 10.0. The van der Waals surface area contributed by atoms with Gasteiger partial charge in [-0.3, -0.25) is 24.1 Å². The van der Waals surface area contributed by atoms with Gasteiger partial charge < -0.3 is 10.2 Å². The maximum atomic E-state index is 13.4. The van der Waals surface area contributed by atoms with E-state index in [1.807, 2.05) is 6.07 Å². The molecule has 7 nitrogen and oxygen atoms in total. The lowest BCUT2D eigenvalue weighted by Crippen LogP contribution is -2.49. The number of anilines is 2. The van der Waals surface area contributed by atoms with Crippen molar-refractivity contribution in [2.75, 3.05) is 16.8 Å². The largest absolute Gasteiger partial charge is 0.324 e. The van der Waals surface area contributed by atoms with Gasteiger partial charge in [0.25, 0.3) is 11.8 Å². The highest BCUT2D eigenvalue weighted by Gasteiger charge is 2.44. The molecule has 1 N–H and O–H groups in total. The van der Waals surface area contributed by atoms with Crippen molar-refractivity contribution in [1.82, 2.24) is 4.90 Å². The Morgan fingerprint density at radius 1 is 0.931 bits per heavy atom. The summed E-state index contributed by atoms with van der Waals surface area (Å²) in [6.07, 6.45) is 2.27. The van der Waals surface area contributed by atoms with Crippen molar-refractivity contribution in [3.63, 3.8) is 0 Å². The van der Waals surface area contributed by atoms with Crippen LogP contribution in [0.2, 0.25) is 0 Å². The highest BCUT2D eigenvalue weighted by molar-refractivity contribution is 6.23. The number of imide groups is 1. The molecule has 2 aromatic rings. The zero-order valence-electron chi connectivity index (χ0n) is 15.6. The number of nitrogens with zero attached hydrogens (tertiary/aromatic N) is 2. The molecule has 2 aliphatic heterocycles. The summed E-state index contributed by atoms with van der Waals surface area (Å²) in [5, 5.41) is 2.92. The van der Waals surface area contributed by atoms with Gasteiger partial charge in [-0.25, -0.2) is 0 Å². The third-order valence-corrected chi connectivity index (χ3v) is 6.01. The Hall–Kier alpha value is -3.48. The summed E-state index contributed by atoms with van der Waals surface area (Å²) in [5.74, 6) is -1.66. The van der Waals surface area contributed by atoms with Crippen LogP contribution in [0.1, 0.15) is 40.0 Å². The summed E-state index contributed by atoms with van der Waals surface area (Å²) in [5.41, 5.74) is 1.81. The minimum Gasteiger partial charge on any atom is -0.324 e. The predicted molar refractivity (Wildman–Crippen MR) is 105 cm³/mol. The van der Waals surface area contributed by atoms with E-state index in [0.29, 0.717) is 35.3 Å². The number of hydrogen-bond acceptors (Lipinski definition) is 4. The first-order valence-corrected chi connectivity index (χ1v) is 9.73. The van der Waals surface area contributed by atoms with Crippen LogP contribution < -0.4 is 10.2 Å². The molecule has 0 bridgehead atoms. The Labute approximate surface area is 167 Å². The summed E-state index contributed by atoms with van der Waals surface area (Å²) in [7, 11) is 0. The molecule has 7 heteroatoms. The maximum absolute atomic E-state index is 13.4. The summed E-state index contributed by atoms with van der Waals surface area (Å²) in [6, 6.07) is 13.5. The standard InChI is InChI=1S/C22H19N3O4/c26-19(12-24-21(28)13-6-1-2-7-14(13)22(24)29)25-17-11-5-8-15(17)20(27)23-16-9-3-4-10-18(16)25/h1-4,6-7,9-10,15,17H,5,8,11-12H2,(H,23,27). The number of benzene rings is 2. The molecule has 4 amide bonds. The van der Waals surface area contributed by atoms with Gasteiger partial charge in [-0.05, 0) is 37.1 Å². The van der Waals surface area contributed by atoms with Crippen LogP contribution in [0.15, 0.2) is 48.5 Å². The first-order valence-electron chi connectivity index (χ1n) is 9.73. The highest BCUT2D eigenvalue weighted by Crippen LogP contribution is 2.40. The van der Waals surface area contributed by atoms with Crippen molar-refractivity contribution < 1.29 is 19.2 Å². The Bertz CT molecular complexity index is 1030. The highest BCUT2D eigenvalue weighted by atomic mass is 16.2. The predicted octanol–water partition coefficient (Wildman–Crippen LogP) is 2.44. The zero-order valence-corrected chi connectivity index (χ0v) is 15.6. The molecule has 29 heavy (non-hydrogen) atoms. The molecule has 3 aliphatic rings. The van der Waals surface area contributed by atoms with Gasteiger partial charge in [0.15, 0.2) is 0 Å². The minimum absolute atomic E-state index is 0.0871. The second-order valence-corrected chi connectivity index (χ2v) is 7.62. The lowest BCUT2D eigenvalue weighted by Gasteiger charge is -2.31. The van der Waals surface area contributed by atoms with E-state index in [9.17, 15) is 19.2 Å². The Morgan fingerprint density at radius 2 is 1.59 bits per heavy atom. The van der Waals surface area contributed by atoms with E-state index in [1.165, 1.54) is 0 Å². The molecule has 5 rings (SSSR count). The fraction of sp³-hybridized carbons (Fsp3) is 0.273. The molecule has 1 aliphatic carbocycles. The van der Waals surface area contributed by atoms with E-state index >= 15 is 0 Å². The fourth-order valence-electron chi connectivity index (χ4n) is 4.66. The molecule has 1 saturated carbocycles. The fourth-order valence-corrected chi connectivity index (χ4v) is 4.66. The molecular formula is C22H19N3O4. The van der Waals surface area contributed by atoms with Crippen molar-refractivity contribution in [2.45, 2.75) is 25.3 Å². The zero-order chi connectivity index (χ0) is 20.1. The first-order chi connectivity index (χ1) is 14.1. The maximum Gasteiger partial charge on any atom is 0.262 e. The summed E-state index contributed by atoms with van der Waals surface area (Å²) >= 11 is 0. The first kappa shape index (κ1) is 17.6. The Morgan fingerprint density at radius 3 is 2.31 bits per heavy atom. The third kappa shape index (κ3) is 2.65. The molecule has 0 spiro atoms. The number of carbonyl (C=O) groups excluding carboxylic acids is 4. The van der Waals surface area contributed by atoms with Crippen LogP contribution in [0.3, 0.4) is 0 Å². The van der Waals surface area contributed by atoms with Crippen molar-refractivity contribution in [3.8, 4) is 0 Å². The number of nitrogens with one attached hydrogen (secondary N) is 1. The van der Waals surface area contributed by atoms with Crippen LogP contribution >= 0.6 is 0 Å². The van der Waals surface area contributed by atoms with Crippen LogP contribution in [-0.2, 0) is 9.59 Å². The average Bonchev–Trinajstić information content (AvgIpc) is 3.26. The number of para-hydroxylation sites is 2. The minimum atomic E-state index is -0.459. The molecule has 1 fully saturated rings. The van der Waals surface area contributed by atoms with Crippen LogP contribution in [0.4, 0.5) is 11.4 Å². The normalized spacial score (nSPS) is 22.7. The molecule has 2 atom stereocenters. The SMILES string of the molecule is O=C1Nc2ccccc2N(C(=O)CN2C(=O)c3ccccc3C2=O)C2CCCC12. The molecule has 0 saturated heterocycles. The molecule has 2 unspecified atom stereocenters. The van der Waals surface area contributed by atoms with Gasteiger partial charge >= 0.3 is 0 Å². The number of carbonyl (C=O) groups is 4. The second kappa shape index (κ2) is 6.55. The quantitative estimate of drug-likeness (QED) is 0.800. The van der Waals surface area contributed by atoms with E-state index in [2.05, 4.69) is 5.32 Å². The molecule has 2 aromatic carbocycles. The van der Waals surface area contributed by atoms with E-state index in [4.69, 9.17) is 0 Å². The van der Waals surface area contributed by atoms with Gasteiger partial charge in [0.2, 0.25) is 11.8 Å². The van der Waals surface area contributed by atoms with Gasteiger partial charge in [-0.2, -0.15) is 0 Å². The van der Waals surface area contributed by atoms with Crippen LogP contribution in [0, 0.1) is 5.92 Å². The molecule has 0 aromatic heterocycles. The topological polar surface area (TPSA) is 86.8 Å². The van der Waals surface area contributed by atoms with E-state index in [0.717, 1.165) is 11.3 Å². The smallest absolute Gasteiger partial charge is 0.262 e. The monoisotopic (exact) mass is 389 g/mol. The molecule has 0 radical (unpaired) electrons. The van der Waals surface area contributed by atoms with Crippen molar-refractivity contribution in [2.24, 2.45) is 5.92 Å². The van der Waals surface area contributed by atoms with Gasteiger partial charge in [0.05, 0.1) is 28.4 Å². The van der Waals surface area contributed by atoms with Gasteiger partial charge in [-0.15, -0.1) is 0 Å². The molecule has 2 heterocycles. The average molecular weight is 389 g/mol. The van der Waals surface area contributed by atoms with Crippen molar-refractivity contribution in [3.05, 3.63) is 59.7 Å². The van der Waals surface area contributed by atoms with Gasteiger partial charge in [0.1, 0.15) is 6.54 Å². The number of hydrogen-bond donors (Lipinski definition) is 1. The third-order valence-electron chi connectivity index (χ3n) is 6.01. The number of fused-ring (bicyclic) bond motifs is 3. The van der Waals surface area contributed by atoms with Crippen LogP contribution in [0.25, 0.3) is 0 Å². The molecular weight excluding hydrogens is 370 g/mol. The van der Waals surface area contributed by atoms with Gasteiger partial charge in [-0.1, -0.05) is 30.7 Å². The summed E-state index contributed by atoms with van der Waals surface area (Å²) < 4.78 is 0. The van der Waals surface area contributed by atoms with Crippen molar-refractivity contribution >= 4 is 35.0 Å². The Balaban J connectivity index is 1.50. The molecule has 146 valence electrons. The summed E-state index contributed by atoms with van der Waals surface area (Å²) in [4.78, 5) is 54.1. The van der Waals surface area contributed by atoms with E-state index < -0.39 is 11.8 Å². The van der Waals surface area contributed by atoms with E-state index in [1.54, 1.807) is 47.4 Å².